The van der Waals surface area contributed by atoms with E-state index in [9.17, 15) is 9.59 Å². The zero-order valence-electron chi connectivity index (χ0n) is 16.8. The van der Waals surface area contributed by atoms with Crippen LogP contribution in [0.5, 0.6) is 0 Å². The van der Waals surface area contributed by atoms with E-state index in [-0.39, 0.29) is 30.1 Å². The number of hydrogen-bond acceptors (Lipinski definition) is 3. The molecule has 6 heteroatoms. The molecule has 2 aliphatic rings. The van der Waals surface area contributed by atoms with Crippen molar-refractivity contribution in [1.82, 2.24) is 9.80 Å². The number of nitrogens with zero attached hydrogens (tertiary/aromatic N) is 2. The molecule has 2 fully saturated rings. The van der Waals surface area contributed by atoms with Crippen LogP contribution in [-0.4, -0.2) is 54.3 Å². The van der Waals surface area contributed by atoms with E-state index in [1.165, 1.54) is 0 Å². The highest BCUT2D eigenvalue weighted by Gasteiger charge is 2.32. The second-order valence-electron chi connectivity index (χ2n) is 8.10. The fourth-order valence-electron chi connectivity index (χ4n) is 4.56. The molecule has 0 unspecified atom stereocenters. The Kier molecular flexibility index (Phi) is 7.14. The molecule has 2 heterocycles. The molecule has 2 aliphatic heterocycles. The fraction of sp³-hybridized carbons (Fsp3) is 0.478. The first-order chi connectivity index (χ1) is 13.7. The van der Waals surface area contributed by atoms with E-state index in [1.807, 2.05) is 52.3 Å². The van der Waals surface area contributed by atoms with Gasteiger partial charge in [-0.1, -0.05) is 36.4 Å². The zero-order chi connectivity index (χ0) is 19.5. The zero-order valence-corrected chi connectivity index (χ0v) is 17.6. The monoisotopic (exact) mass is 415 g/mol. The minimum atomic E-state index is 0. The number of halogens is 1. The predicted octanol–water partition coefficient (Wildman–Crippen LogP) is 3.31. The first-order valence-electron chi connectivity index (χ1n) is 10.4. The van der Waals surface area contributed by atoms with Crippen LogP contribution in [0.3, 0.4) is 0 Å². The van der Waals surface area contributed by atoms with Crippen molar-refractivity contribution in [3.05, 3.63) is 48.0 Å². The van der Waals surface area contributed by atoms with Crippen LogP contribution in [0.2, 0.25) is 0 Å². The van der Waals surface area contributed by atoms with Gasteiger partial charge in [-0.25, -0.2) is 0 Å². The Morgan fingerprint density at radius 1 is 0.862 bits per heavy atom. The van der Waals surface area contributed by atoms with Crippen molar-refractivity contribution in [1.29, 1.82) is 0 Å². The lowest BCUT2D eigenvalue weighted by Gasteiger charge is -2.37. The fourth-order valence-corrected chi connectivity index (χ4v) is 4.56. The summed E-state index contributed by atoms with van der Waals surface area (Å²) in [6.07, 6.45) is 3.54. The summed E-state index contributed by atoms with van der Waals surface area (Å²) in [5.74, 6) is 0.953. The normalized spacial score (nSPS) is 18.5. The Morgan fingerprint density at radius 2 is 1.48 bits per heavy atom. The molecular formula is C23H30ClN3O2. The molecule has 29 heavy (non-hydrogen) atoms. The quantitative estimate of drug-likeness (QED) is 0.836. The van der Waals surface area contributed by atoms with Crippen molar-refractivity contribution in [2.45, 2.75) is 25.7 Å². The van der Waals surface area contributed by atoms with Crippen molar-refractivity contribution >= 4 is 35.0 Å². The third kappa shape index (κ3) is 4.57. The largest absolute Gasteiger partial charge is 0.342 e. The summed E-state index contributed by atoms with van der Waals surface area (Å²) in [5, 5.41) is 2.08. The second-order valence-corrected chi connectivity index (χ2v) is 8.10. The van der Waals surface area contributed by atoms with Crippen LogP contribution in [0.25, 0.3) is 10.8 Å². The van der Waals surface area contributed by atoms with Crippen LogP contribution < -0.4 is 5.73 Å². The van der Waals surface area contributed by atoms with Crippen LogP contribution in [0.15, 0.2) is 42.5 Å². The SMILES string of the molecule is Cl.NCC1CCN(C(=O)C2CCN(C(=O)c3cccc4ccccc34)CC2)CC1. The molecule has 2 aromatic carbocycles. The molecule has 2 saturated heterocycles. The van der Waals surface area contributed by atoms with E-state index >= 15 is 0 Å². The molecule has 2 N–H and O–H groups in total. The molecule has 0 atom stereocenters. The molecule has 0 saturated carbocycles. The Bertz CT molecular complexity index is 851. The number of rotatable bonds is 3. The van der Waals surface area contributed by atoms with E-state index in [4.69, 9.17) is 5.73 Å². The van der Waals surface area contributed by atoms with E-state index in [0.29, 0.717) is 19.0 Å². The molecule has 0 radical (unpaired) electrons. The van der Waals surface area contributed by atoms with Crippen LogP contribution in [0, 0.1) is 11.8 Å². The number of benzene rings is 2. The molecule has 0 bridgehead atoms. The van der Waals surface area contributed by atoms with E-state index < -0.39 is 0 Å². The first kappa shape index (κ1) is 21.6. The van der Waals surface area contributed by atoms with Crippen molar-refractivity contribution in [3.63, 3.8) is 0 Å². The van der Waals surface area contributed by atoms with E-state index in [1.54, 1.807) is 0 Å². The lowest BCUT2D eigenvalue weighted by atomic mass is 9.91. The number of amides is 2. The van der Waals surface area contributed by atoms with Crippen LogP contribution >= 0.6 is 12.4 Å². The highest BCUT2D eigenvalue weighted by molar-refractivity contribution is 6.07. The van der Waals surface area contributed by atoms with Gasteiger partial charge in [0.15, 0.2) is 0 Å². The molecule has 4 rings (SSSR count). The molecule has 156 valence electrons. The highest BCUT2D eigenvalue weighted by atomic mass is 35.5. The lowest BCUT2D eigenvalue weighted by molar-refractivity contribution is -0.138. The average molecular weight is 416 g/mol. The number of nitrogens with two attached hydrogens (primary N) is 1. The van der Waals surface area contributed by atoms with Gasteiger partial charge in [-0.05, 0) is 55.0 Å². The number of fused-ring (bicyclic) bond motifs is 1. The Balaban J connectivity index is 0.00000240. The highest BCUT2D eigenvalue weighted by Crippen LogP contribution is 2.26. The molecule has 2 aromatic rings. The predicted molar refractivity (Wildman–Crippen MR) is 118 cm³/mol. The van der Waals surface area contributed by atoms with Gasteiger partial charge >= 0.3 is 0 Å². The van der Waals surface area contributed by atoms with Crippen molar-refractivity contribution in [3.8, 4) is 0 Å². The van der Waals surface area contributed by atoms with Gasteiger partial charge in [0.25, 0.3) is 5.91 Å². The first-order valence-corrected chi connectivity index (χ1v) is 10.4. The molecule has 0 aliphatic carbocycles. The van der Waals surface area contributed by atoms with Gasteiger partial charge in [0, 0.05) is 37.7 Å². The summed E-state index contributed by atoms with van der Waals surface area (Å²) in [6.45, 7) is 3.68. The molecular weight excluding hydrogens is 386 g/mol. The van der Waals surface area contributed by atoms with Crippen LogP contribution in [-0.2, 0) is 4.79 Å². The second kappa shape index (κ2) is 9.59. The minimum absolute atomic E-state index is 0. The maximum absolute atomic E-state index is 13.1. The van der Waals surface area contributed by atoms with E-state index in [0.717, 1.165) is 61.7 Å². The molecule has 0 spiro atoms. The van der Waals surface area contributed by atoms with Gasteiger partial charge in [-0.2, -0.15) is 0 Å². The molecule has 2 amide bonds. The maximum Gasteiger partial charge on any atom is 0.254 e. The smallest absolute Gasteiger partial charge is 0.254 e. The topological polar surface area (TPSA) is 66.6 Å². The van der Waals surface area contributed by atoms with Crippen LogP contribution in [0.1, 0.15) is 36.0 Å². The van der Waals surface area contributed by atoms with Crippen LogP contribution in [0.4, 0.5) is 0 Å². The van der Waals surface area contributed by atoms with Crippen molar-refractivity contribution < 1.29 is 9.59 Å². The van der Waals surface area contributed by atoms with Gasteiger partial charge < -0.3 is 15.5 Å². The van der Waals surface area contributed by atoms with Gasteiger partial charge in [0.2, 0.25) is 5.91 Å². The molecule has 5 nitrogen and oxygen atoms in total. The number of piperidine rings is 2. The van der Waals surface area contributed by atoms with Gasteiger partial charge in [-0.15, -0.1) is 12.4 Å². The van der Waals surface area contributed by atoms with Crippen molar-refractivity contribution in [2.24, 2.45) is 17.6 Å². The van der Waals surface area contributed by atoms with Crippen molar-refractivity contribution in [2.75, 3.05) is 32.7 Å². The Hall–Kier alpha value is -2.11. The van der Waals surface area contributed by atoms with Gasteiger partial charge in [0.05, 0.1) is 0 Å². The summed E-state index contributed by atoms with van der Waals surface area (Å²) in [6, 6.07) is 13.9. The lowest BCUT2D eigenvalue weighted by Crippen LogP contribution is -2.47. The van der Waals surface area contributed by atoms with E-state index in [2.05, 4.69) is 0 Å². The number of hydrogen-bond donors (Lipinski definition) is 1. The summed E-state index contributed by atoms with van der Waals surface area (Å²) < 4.78 is 0. The van der Waals surface area contributed by atoms with Gasteiger partial charge in [-0.3, -0.25) is 9.59 Å². The summed E-state index contributed by atoms with van der Waals surface area (Å²) >= 11 is 0. The summed E-state index contributed by atoms with van der Waals surface area (Å²) in [5.41, 5.74) is 6.51. The number of carbonyl (C=O) groups excluding carboxylic acids is 2. The maximum atomic E-state index is 13.1. The standard InChI is InChI=1S/C23H29N3O2.ClH/c24-16-17-8-12-25(13-9-17)22(27)19-10-14-26(15-11-19)23(28)21-7-3-5-18-4-1-2-6-20(18)21;/h1-7,17,19H,8-16,24H2;1H. The Morgan fingerprint density at radius 3 is 2.17 bits per heavy atom. The number of likely N-dealkylation sites (tertiary alicyclic amines) is 2. The minimum Gasteiger partial charge on any atom is -0.342 e. The third-order valence-electron chi connectivity index (χ3n) is 6.41. The number of carbonyl (C=O) groups is 2. The summed E-state index contributed by atoms with van der Waals surface area (Å²) in [7, 11) is 0. The third-order valence-corrected chi connectivity index (χ3v) is 6.41. The van der Waals surface area contributed by atoms with Gasteiger partial charge in [0.1, 0.15) is 0 Å². The molecule has 0 aromatic heterocycles. The average Bonchev–Trinajstić information content (AvgIpc) is 2.78. The summed E-state index contributed by atoms with van der Waals surface area (Å²) in [4.78, 5) is 29.9. The Labute approximate surface area is 178 Å².